The summed E-state index contributed by atoms with van der Waals surface area (Å²) >= 11 is 1.44. The number of benzene rings is 3. The number of nitrogens with zero attached hydrogens (tertiary/aromatic N) is 1. The maximum Gasteiger partial charge on any atom is 0.257 e. The fourth-order valence-corrected chi connectivity index (χ4v) is 4.05. The van der Waals surface area contributed by atoms with Crippen molar-refractivity contribution in [3.8, 4) is 10.4 Å². The molecule has 0 aliphatic heterocycles. The van der Waals surface area contributed by atoms with Crippen molar-refractivity contribution in [1.82, 2.24) is 4.98 Å². The number of aromatic nitrogens is 1. The summed E-state index contributed by atoms with van der Waals surface area (Å²) in [4.78, 5) is 30.5. The van der Waals surface area contributed by atoms with E-state index < -0.39 is 0 Å². The predicted octanol–water partition coefficient (Wildman–Crippen LogP) is 5.91. The van der Waals surface area contributed by atoms with Gasteiger partial charge in [0, 0.05) is 22.9 Å². The van der Waals surface area contributed by atoms with Crippen LogP contribution in [-0.4, -0.2) is 16.7 Å². The van der Waals surface area contributed by atoms with Crippen LogP contribution >= 0.6 is 11.3 Å². The molecule has 1 N–H and O–H groups in total. The first-order chi connectivity index (χ1) is 14.5. The van der Waals surface area contributed by atoms with Crippen molar-refractivity contribution < 1.29 is 9.59 Å². The van der Waals surface area contributed by atoms with Crippen LogP contribution in [-0.2, 0) is 0 Å². The minimum Gasteiger partial charge on any atom is -0.298 e. The van der Waals surface area contributed by atoms with Crippen molar-refractivity contribution in [1.29, 1.82) is 0 Å². The highest BCUT2D eigenvalue weighted by Gasteiger charge is 2.13. The highest BCUT2D eigenvalue weighted by Crippen LogP contribution is 2.32. The Kier molecular flexibility index (Phi) is 5.55. The number of nitrogens with one attached hydrogen (secondary N) is 1. The van der Waals surface area contributed by atoms with Crippen molar-refractivity contribution in [3.05, 3.63) is 107 Å². The average molecular weight is 413 g/mol. The van der Waals surface area contributed by atoms with E-state index in [9.17, 15) is 9.59 Å². The largest absolute Gasteiger partial charge is 0.298 e. The van der Waals surface area contributed by atoms with Gasteiger partial charge in [0.2, 0.25) is 0 Å². The molecule has 0 saturated carbocycles. The van der Waals surface area contributed by atoms with Crippen LogP contribution in [0.1, 0.15) is 37.4 Å². The van der Waals surface area contributed by atoms with Gasteiger partial charge in [0.25, 0.3) is 5.91 Å². The van der Waals surface area contributed by atoms with Crippen LogP contribution in [0.3, 0.4) is 0 Å². The Morgan fingerprint density at radius 3 is 2.23 bits per heavy atom. The van der Waals surface area contributed by atoms with Crippen LogP contribution < -0.4 is 5.32 Å². The molecule has 4 aromatic rings. The molecule has 0 spiro atoms. The number of anilines is 1. The van der Waals surface area contributed by atoms with E-state index in [2.05, 4.69) is 42.3 Å². The summed E-state index contributed by atoms with van der Waals surface area (Å²) in [5.74, 6) is -0.323. The van der Waals surface area contributed by atoms with Gasteiger partial charge in [-0.15, -0.1) is 0 Å². The van der Waals surface area contributed by atoms with E-state index >= 15 is 0 Å². The van der Waals surface area contributed by atoms with Crippen LogP contribution in [0.15, 0.2) is 79.0 Å². The van der Waals surface area contributed by atoms with Gasteiger partial charge in [-0.05, 0) is 37.1 Å². The molecule has 0 bridgehead atoms. The molecule has 0 aliphatic carbocycles. The Morgan fingerprint density at radius 2 is 1.50 bits per heavy atom. The summed E-state index contributed by atoms with van der Waals surface area (Å²) in [7, 11) is 0. The molecule has 0 radical (unpaired) electrons. The minimum atomic E-state index is -0.254. The number of carbonyl (C=O) groups excluding carboxylic acids is 2. The minimum absolute atomic E-state index is 0.0688. The molecule has 30 heavy (non-hydrogen) atoms. The zero-order valence-electron chi connectivity index (χ0n) is 16.7. The number of amides is 1. The summed E-state index contributed by atoms with van der Waals surface area (Å²) in [6, 6.07) is 22.0. The summed E-state index contributed by atoms with van der Waals surface area (Å²) in [5.41, 5.74) is 5.11. The Hall–Kier alpha value is -3.57. The van der Waals surface area contributed by atoms with Crippen LogP contribution in [0.4, 0.5) is 5.13 Å². The first-order valence-corrected chi connectivity index (χ1v) is 10.4. The topological polar surface area (TPSA) is 59.1 Å². The maximum atomic E-state index is 12.6. The SMILES string of the molecule is Cc1ccc(C)c(-c2cnc(NC(=O)c3ccc(C(=O)c4ccccc4)cc3)s2)c1. The highest BCUT2D eigenvalue weighted by atomic mass is 32.1. The molecule has 4 rings (SSSR count). The van der Waals surface area contributed by atoms with Gasteiger partial charge in [0.1, 0.15) is 0 Å². The number of ketones is 1. The van der Waals surface area contributed by atoms with Gasteiger partial charge >= 0.3 is 0 Å². The van der Waals surface area contributed by atoms with Gasteiger partial charge in [-0.2, -0.15) is 0 Å². The van der Waals surface area contributed by atoms with Gasteiger partial charge in [-0.1, -0.05) is 77.6 Å². The molecule has 3 aromatic carbocycles. The number of hydrogen-bond acceptors (Lipinski definition) is 4. The van der Waals surface area contributed by atoms with E-state index in [4.69, 9.17) is 0 Å². The monoisotopic (exact) mass is 412 g/mol. The fraction of sp³-hybridized carbons (Fsp3) is 0.0800. The maximum absolute atomic E-state index is 12.6. The molecule has 0 unspecified atom stereocenters. The van der Waals surface area contributed by atoms with Crippen LogP contribution in [0, 0.1) is 13.8 Å². The second-order valence-corrected chi connectivity index (χ2v) is 8.11. The molecule has 1 aromatic heterocycles. The fourth-order valence-electron chi connectivity index (χ4n) is 3.16. The summed E-state index contributed by atoms with van der Waals surface area (Å²) in [6.07, 6.45) is 1.78. The Labute approximate surface area is 179 Å². The Morgan fingerprint density at radius 1 is 0.833 bits per heavy atom. The first kappa shape index (κ1) is 19.7. The van der Waals surface area contributed by atoms with Crippen molar-refractivity contribution in [2.75, 3.05) is 5.32 Å². The third-order valence-electron chi connectivity index (χ3n) is 4.83. The van der Waals surface area contributed by atoms with Crippen molar-refractivity contribution >= 4 is 28.2 Å². The summed E-state index contributed by atoms with van der Waals surface area (Å²) in [5, 5.41) is 3.39. The summed E-state index contributed by atoms with van der Waals surface area (Å²) < 4.78 is 0. The average Bonchev–Trinajstić information content (AvgIpc) is 3.24. The predicted molar refractivity (Wildman–Crippen MR) is 121 cm³/mol. The molecule has 0 saturated heterocycles. The van der Waals surface area contributed by atoms with Crippen LogP contribution in [0.25, 0.3) is 10.4 Å². The molecule has 0 fully saturated rings. The molecule has 148 valence electrons. The molecule has 0 atom stereocenters. The molecule has 5 heteroatoms. The van der Waals surface area contributed by atoms with Crippen molar-refractivity contribution in [2.45, 2.75) is 13.8 Å². The van der Waals surface area contributed by atoms with Gasteiger partial charge in [-0.25, -0.2) is 4.98 Å². The Bertz CT molecular complexity index is 1210. The molecule has 1 amide bonds. The van der Waals surface area contributed by atoms with E-state index in [-0.39, 0.29) is 11.7 Å². The molecule has 4 nitrogen and oxygen atoms in total. The number of hydrogen-bond donors (Lipinski definition) is 1. The lowest BCUT2D eigenvalue weighted by Gasteiger charge is -2.05. The third-order valence-corrected chi connectivity index (χ3v) is 5.78. The van der Waals surface area contributed by atoms with Gasteiger partial charge < -0.3 is 0 Å². The van der Waals surface area contributed by atoms with E-state index in [1.807, 2.05) is 18.2 Å². The van der Waals surface area contributed by atoms with Crippen molar-refractivity contribution in [2.24, 2.45) is 0 Å². The third kappa shape index (κ3) is 4.21. The van der Waals surface area contributed by atoms with E-state index in [1.165, 1.54) is 22.5 Å². The summed E-state index contributed by atoms with van der Waals surface area (Å²) in [6.45, 7) is 4.11. The van der Waals surface area contributed by atoms with E-state index in [0.29, 0.717) is 21.8 Å². The standard InChI is InChI=1S/C25H20N2O2S/c1-16-8-9-17(2)21(14-16)22-15-26-25(30-22)27-24(29)20-12-10-19(11-13-20)23(28)18-6-4-3-5-7-18/h3-15H,1-2H3,(H,26,27,29). The quantitative estimate of drug-likeness (QED) is 0.415. The zero-order chi connectivity index (χ0) is 21.1. The number of carbonyl (C=O) groups is 2. The molecular weight excluding hydrogens is 392 g/mol. The number of aryl methyl sites for hydroxylation is 2. The van der Waals surface area contributed by atoms with E-state index in [1.54, 1.807) is 42.6 Å². The van der Waals surface area contributed by atoms with Crippen LogP contribution in [0.5, 0.6) is 0 Å². The van der Waals surface area contributed by atoms with Crippen LogP contribution in [0.2, 0.25) is 0 Å². The van der Waals surface area contributed by atoms with Gasteiger partial charge in [0.05, 0.1) is 4.88 Å². The smallest absolute Gasteiger partial charge is 0.257 e. The highest BCUT2D eigenvalue weighted by molar-refractivity contribution is 7.19. The van der Waals surface area contributed by atoms with Crippen molar-refractivity contribution in [3.63, 3.8) is 0 Å². The van der Waals surface area contributed by atoms with E-state index in [0.717, 1.165) is 10.4 Å². The normalized spacial score (nSPS) is 10.6. The number of rotatable bonds is 5. The second kappa shape index (κ2) is 8.43. The zero-order valence-corrected chi connectivity index (χ0v) is 17.5. The van der Waals surface area contributed by atoms with Gasteiger partial charge in [-0.3, -0.25) is 14.9 Å². The first-order valence-electron chi connectivity index (χ1n) is 9.56. The molecule has 1 heterocycles. The Balaban J connectivity index is 1.48. The lowest BCUT2D eigenvalue weighted by atomic mass is 10.0. The second-order valence-electron chi connectivity index (χ2n) is 7.07. The lowest BCUT2D eigenvalue weighted by molar-refractivity contribution is 0.102. The number of thiazole rings is 1. The van der Waals surface area contributed by atoms with Gasteiger partial charge in [0.15, 0.2) is 10.9 Å². The molecular formula is C25H20N2O2S. The lowest BCUT2D eigenvalue weighted by Crippen LogP contribution is -2.12. The molecule has 0 aliphatic rings.